The van der Waals surface area contributed by atoms with E-state index in [1.54, 1.807) is 0 Å². The number of carbonyl (C=O) groups is 2. The molecule has 0 bridgehead atoms. The Bertz CT molecular complexity index is 983. The van der Waals surface area contributed by atoms with Crippen LogP contribution in [0, 0.1) is 6.92 Å². The Balaban J connectivity index is 1.78. The summed E-state index contributed by atoms with van der Waals surface area (Å²) in [6.45, 7) is 1.96. The van der Waals surface area contributed by atoms with Gasteiger partial charge in [0.2, 0.25) is 5.91 Å². The minimum atomic E-state index is -0.520. The molecule has 3 aromatic rings. The molecule has 0 saturated heterocycles. The average Bonchev–Trinajstić information content (AvgIpc) is 3.11. The summed E-state index contributed by atoms with van der Waals surface area (Å²) in [5, 5.41) is 3.37. The smallest absolute Gasteiger partial charge is 0.351 e. The van der Waals surface area contributed by atoms with Gasteiger partial charge in [-0.2, -0.15) is 0 Å². The number of ether oxygens (including phenoxy) is 1. The number of thiazole rings is 1. The predicted octanol–water partition coefficient (Wildman–Crippen LogP) is 4.74. The molecule has 138 valence electrons. The largest absolute Gasteiger partial charge is 0.465 e. The highest BCUT2D eigenvalue weighted by Crippen LogP contribution is 2.25. The zero-order chi connectivity index (χ0) is 19.4. The minimum absolute atomic E-state index is 0.172. The van der Waals surface area contributed by atoms with Gasteiger partial charge in [0.05, 0.1) is 19.0 Å². The number of benzene rings is 2. The SMILES string of the molecule is COC(=O)c1scnc1NC(=O)Cc1cc(-c2ccc(Cl)cc2)ccc1C. The number of aryl methyl sites for hydroxylation is 1. The summed E-state index contributed by atoms with van der Waals surface area (Å²) in [4.78, 5) is 28.5. The topological polar surface area (TPSA) is 68.3 Å². The molecular formula is C20H17ClN2O3S. The van der Waals surface area contributed by atoms with Crippen LogP contribution in [0.1, 0.15) is 20.8 Å². The van der Waals surface area contributed by atoms with Crippen LogP contribution in [-0.2, 0) is 16.0 Å². The number of aromatic nitrogens is 1. The van der Waals surface area contributed by atoms with Crippen molar-refractivity contribution in [2.24, 2.45) is 0 Å². The number of methoxy groups -OCH3 is 1. The molecule has 27 heavy (non-hydrogen) atoms. The number of nitrogens with zero attached hydrogens (tertiary/aromatic N) is 1. The molecule has 0 aliphatic rings. The number of hydrogen-bond acceptors (Lipinski definition) is 5. The fraction of sp³-hybridized carbons (Fsp3) is 0.150. The zero-order valence-electron chi connectivity index (χ0n) is 14.8. The normalized spacial score (nSPS) is 10.5. The lowest BCUT2D eigenvalue weighted by Crippen LogP contribution is -2.17. The fourth-order valence-electron chi connectivity index (χ4n) is 2.61. The van der Waals surface area contributed by atoms with Gasteiger partial charge in [-0.25, -0.2) is 9.78 Å². The summed E-state index contributed by atoms with van der Waals surface area (Å²) >= 11 is 7.07. The van der Waals surface area contributed by atoms with Crippen molar-refractivity contribution < 1.29 is 14.3 Å². The number of nitrogens with one attached hydrogen (secondary N) is 1. The van der Waals surface area contributed by atoms with E-state index in [0.29, 0.717) is 5.02 Å². The Morgan fingerprint density at radius 3 is 2.56 bits per heavy atom. The molecule has 1 heterocycles. The van der Waals surface area contributed by atoms with E-state index >= 15 is 0 Å². The molecule has 1 amide bonds. The maximum absolute atomic E-state index is 12.5. The molecule has 0 aliphatic carbocycles. The van der Waals surface area contributed by atoms with E-state index in [9.17, 15) is 9.59 Å². The van der Waals surface area contributed by atoms with Crippen LogP contribution >= 0.6 is 22.9 Å². The van der Waals surface area contributed by atoms with Crippen molar-refractivity contribution in [1.82, 2.24) is 4.98 Å². The van der Waals surface area contributed by atoms with Crippen molar-refractivity contribution in [3.8, 4) is 11.1 Å². The van der Waals surface area contributed by atoms with E-state index in [0.717, 1.165) is 33.6 Å². The first kappa shape index (κ1) is 19.1. The highest BCUT2D eigenvalue weighted by Gasteiger charge is 2.18. The Hall–Kier alpha value is -2.70. The lowest BCUT2D eigenvalue weighted by atomic mass is 9.98. The molecule has 0 fully saturated rings. The standard InChI is InChI=1S/C20H17ClN2O3S/c1-12-3-4-14(13-5-7-16(21)8-6-13)9-15(12)10-17(24)23-19-18(20(25)26-2)27-11-22-19/h3-9,11H,10H2,1-2H3,(H,23,24). The summed E-state index contributed by atoms with van der Waals surface area (Å²) < 4.78 is 4.70. The van der Waals surface area contributed by atoms with Gasteiger partial charge in [-0.05, 0) is 41.3 Å². The second-order valence-corrected chi connectivity index (χ2v) is 7.19. The number of amides is 1. The van der Waals surface area contributed by atoms with Gasteiger partial charge in [-0.1, -0.05) is 41.9 Å². The average molecular weight is 401 g/mol. The van der Waals surface area contributed by atoms with Crippen LogP contribution in [0.3, 0.4) is 0 Å². The van der Waals surface area contributed by atoms with E-state index in [-0.39, 0.29) is 23.0 Å². The maximum atomic E-state index is 12.5. The van der Waals surface area contributed by atoms with Crippen molar-refractivity contribution >= 4 is 40.6 Å². The molecule has 7 heteroatoms. The molecule has 0 unspecified atom stereocenters. The molecule has 0 atom stereocenters. The molecule has 5 nitrogen and oxygen atoms in total. The first-order valence-corrected chi connectivity index (χ1v) is 9.41. The highest BCUT2D eigenvalue weighted by molar-refractivity contribution is 7.12. The van der Waals surface area contributed by atoms with Crippen LogP contribution in [0.5, 0.6) is 0 Å². The van der Waals surface area contributed by atoms with E-state index in [4.69, 9.17) is 16.3 Å². The number of halogens is 1. The van der Waals surface area contributed by atoms with Crippen molar-refractivity contribution in [1.29, 1.82) is 0 Å². The highest BCUT2D eigenvalue weighted by atomic mass is 35.5. The van der Waals surface area contributed by atoms with Gasteiger partial charge in [0, 0.05) is 5.02 Å². The molecule has 0 spiro atoms. The lowest BCUT2D eigenvalue weighted by molar-refractivity contribution is -0.115. The van der Waals surface area contributed by atoms with Gasteiger partial charge in [0.1, 0.15) is 0 Å². The Morgan fingerprint density at radius 2 is 1.85 bits per heavy atom. The Kier molecular flexibility index (Phi) is 5.88. The quantitative estimate of drug-likeness (QED) is 0.628. The van der Waals surface area contributed by atoms with Crippen LogP contribution in [0.15, 0.2) is 48.0 Å². The van der Waals surface area contributed by atoms with E-state index in [1.165, 1.54) is 12.6 Å². The second-order valence-electron chi connectivity index (χ2n) is 5.89. The molecular weight excluding hydrogens is 384 g/mol. The third kappa shape index (κ3) is 4.53. The lowest BCUT2D eigenvalue weighted by Gasteiger charge is -2.10. The molecule has 1 aromatic heterocycles. The fourth-order valence-corrected chi connectivity index (χ4v) is 3.39. The summed E-state index contributed by atoms with van der Waals surface area (Å²) in [7, 11) is 1.29. The van der Waals surface area contributed by atoms with Gasteiger partial charge in [0.15, 0.2) is 10.7 Å². The zero-order valence-corrected chi connectivity index (χ0v) is 16.4. The van der Waals surface area contributed by atoms with E-state index in [2.05, 4.69) is 10.3 Å². The summed E-state index contributed by atoms with van der Waals surface area (Å²) in [6, 6.07) is 13.5. The molecule has 0 saturated carbocycles. The van der Waals surface area contributed by atoms with Crippen molar-refractivity contribution in [3.05, 3.63) is 69.0 Å². The van der Waals surface area contributed by atoms with E-state index in [1.807, 2.05) is 49.4 Å². The number of hydrogen-bond donors (Lipinski definition) is 1. The van der Waals surface area contributed by atoms with Crippen molar-refractivity contribution in [2.75, 3.05) is 12.4 Å². The number of esters is 1. The molecule has 0 radical (unpaired) electrons. The van der Waals surface area contributed by atoms with E-state index < -0.39 is 5.97 Å². The summed E-state index contributed by atoms with van der Waals surface area (Å²) in [6.07, 6.45) is 0.172. The molecule has 3 rings (SSSR count). The Labute approximate surface area is 166 Å². The predicted molar refractivity (Wildman–Crippen MR) is 107 cm³/mol. The van der Waals surface area contributed by atoms with Gasteiger partial charge in [-0.15, -0.1) is 11.3 Å². The molecule has 2 aromatic carbocycles. The maximum Gasteiger partial charge on any atom is 0.351 e. The van der Waals surface area contributed by atoms with Crippen LogP contribution in [0.25, 0.3) is 11.1 Å². The van der Waals surface area contributed by atoms with Gasteiger partial charge in [0.25, 0.3) is 0 Å². The first-order valence-electron chi connectivity index (χ1n) is 8.15. The molecule has 1 N–H and O–H groups in total. The van der Waals surface area contributed by atoms with Crippen LogP contribution in [0.2, 0.25) is 5.02 Å². The van der Waals surface area contributed by atoms with Crippen LogP contribution in [-0.4, -0.2) is 24.0 Å². The molecule has 0 aliphatic heterocycles. The van der Waals surface area contributed by atoms with Crippen molar-refractivity contribution in [2.45, 2.75) is 13.3 Å². The number of carbonyl (C=O) groups excluding carboxylic acids is 2. The van der Waals surface area contributed by atoms with Gasteiger partial charge < -0.3 is 10.1 Å². The Morgan fingerprint density at radius 1 is 1.15 bits per heavy atom. The monoisotopic (exact) mass is 400 g/mol. The van der Waals surface area contributed by atoms with Crippen molar-refractivity contribution in [3.63, 3.8) is 0 Å². The third-order valence-electron chi connectivity index (χ3n) is 4.07. The van der Waals surface area contributed by atoms with Crippen LogP contribution < -0.4 is 5.32 Å². The summed E-state index contributed by atoms with van der Waals surface area (Å²) in [5.41, 5.74) is 5.43. The second kappa shape index (κ2) is 8.33. The third-order valence-corrected chi connectivity index (χ3v) is 5.13. The first-order chi connectivity index (χ1) is 13.0. The number of anilines is 1. The summed E-state index contributed by atoms with van der Waals surface area (Å²) in [5.74, 6) is -0.542. The van der Waals surface area contributed by atoms with Gasteiger partial charge in [-0.3, -0.25) is 4.79 Å². The van der Waals surface area contributed by atoms with Gasteiger partial charge >= 0.3 is 5.97 Å². The minimum Gasteiger partial charge on any atom is -0.465 e. The van der Waals surface area contributed by atoms with Crippen LogP contribution in [0.4, 0.5) is 5.82 Å². The number of rotatable bonds is 5.